The van der Waals surface area contributed by atoms with Crippen molar-refractivity contribution >= 4 is 11.8 Å². The van der Waals surface area contributed by atoms with Gasteiger partial charge >= 0.3 is 5.97 Å². The van der Waals surface area contributed by atoms with Crippen molar-refractivity contribution in [1.82, 2.24) is 9.97 Å². The van der Waals surface area contributed by atoms with Gasteiger partial charge in [0.2, 0.25) is 0 Å². The molecule has 1 aliphatic carbocycles. The molecule has 1 fully saturated rings. The zero-order valence-corrected chi connectivity index (χ0v) is 10.8. The SMILES string of the molecule is CC(C)(CNc1cnc(C(=O)O)cn1)C1CCC1. The highest BCUT2D eigenvalue weighted by molar-refractivity contribution is 5.84. The van der Waals surface area contributed by atoms with Crippen molar-refractivity contribution < 1.29 is 9.90 Å². The molecule has 0 radical (unpaired) electrons. The van der Waals surface area contributed by atoms with Gasteiger partial charge in [0.15, 0.2) is 5.69 Å². The van der Waals surface area contributed by atoms with Gasteiger partial charge in [0.25, 0.3) is 0 Å². The van der Waals surface area contributed by atoms with Gasteiger partial charge in [-0.1, -0.05) is 20.3 Å². The highest BCUT2D eigenvalue weighted by atomic mass is 16.4. The summed E-state index contributed by atoms with van der Waals surface area (Å²) < 4.78 is 0. The normalized spacial score (nSPS) is 16.1. The van der Waals surface area contributed by atoms with E-state index < -0.39 is 5.97 Å². The first kappa shape index (κ1) is 12.8. The summed E-state index contributed by atoms with van der Waals surface area (Å²) in [5, 5.41) is 12.0. The molecule has 1 aromatic rings. The molecule has 1 heterocycles. The van der Waals surface area contributed by atoms with Crippen LogP contribution in [0.3, 0.4) is 0 Å². The topological polar surface area (TPSA) is 75.1 Å². The molecule has 1 saturated carbocycles. The van der Waals surface area contributed by atoms with Crippen LogP contribution < -0.4 is 5.32 Å². The third kappa shape index (κ3) is 2.78. The van der Waals surface area contributed by atoms with E-state index in [-0.39, 0.29) is 11.1 Å². The Morgan fingerprint density at radius 1 is 1.44 bits per heavy atom. The van der Waals surface area contributed by atoms with Gasteiger partial charge in [0.1, 0.15) is 5.82 Å². The second-order valence-corrected chi connectivity index (χ2v) is 5.56. The average Bonchev–Trinajstić information content (AvgIpc) is 2.24. The minimum absolute atomic E-state index is 0.0289. The maximum atomic E-state index is 10.6. The summed E-state index contributed by atoms with van der Waals surface area (Å²) in [5.74, 6) is 0.354. The smallest absolute Gasteiger partial charge is 0.356 e. The van der Waals surface area contributed by atoms with Crippen molar-refractivity contribution in [2.75, 3.05) is 11.9 Å². The van der Waals surface area contributed by atoms with Gasteiger partial charge in [-0.2, -0.15) is 0 Å². The lowest BCUT2D eigenvalue weighted by Gasteiger charge is -2.40. The number of aromatic carboxylic acids is 1. The summed E-state index contributed by atoms with van der Waals surface area (Å²) in [5.41, 5.74) is 0.213. The van der Waals surface area contributed by atoms with Crippen LogP contribution in [0.4, 0.5) is 5.82 Å². The molecule has 1 aliphatic rings. The highest BCUT2D eigenvalue weighted by Crippen LogP contribution is 2.41. The van der Waals surface area contributed by atoms with E-state index in [4.69, 9.17) is 5.11 Å². The third-order valence-corrected chi connectivity index (χ3v) is 3.81. The van der Waals surface area contributed by atoms with E-state index in [0.29, 0.717) is 5.82 Å². The van der Waals surface area contributed by atoms with E-state index >= 15 is 0 Å². The first-order valence-corrected chi connectivity index (χ1v) is 6.28. The van der Waals surface area contributed by atoms with Crippen LogP contribution in [0.2, 0.25) is 0 Å². The Kier molecular flexibility index (Phi) is 3.50. The number of nitrogens with one attached hydrogen (secondary N) is 1. The van der Waals surface area contributed by atoms with E-state index in [1.807, 2.05) is 0 Å². The van der Waals surface area contributed by atoms with Crippen LogP contribution in [0, 0.1) is 11.3 Å². The third-order valence-electron chi connectivity index (χ3n) is 3.81. The Bertz CT molecular complexity index is 424. The largest absolute Gasteiger partial charge is 0.476 e. The molecule has 0 aliphatic heterocycles. The van der Waals surface area contributed by atoms with Crippen LogP contribution in [-0.2, 0) is 0 Å². The second kappa shape index (κ2) is 4.92. The Hall–Kier alpha value is -1.65. The van der Waals surface area contributed by atoms with Gasteiger partial charge in [-0.25, -0.2) is 14.8 Å². The van der Waals surface area contributed by atoms with Crippen molar-refractivity contribution in [3.05, 3.63) is 18.1 Å². The number of carboxylic acids is 1. The average molecular weight is 249 g/mol. The van der Waals surface area contributed by atoms with E-state index in [9.17, 15) is 4.79 Å². The summed E-state index contributed by atoms with van der Waals surface area (Å²) in [4.78, 5) is 18.5. The molecule has 98 valence electrons. The predicted octanol–water partition coefficient (Wildman–Crippen LogP) is 2.41. The molecule has 0 saturated heterocycles. The van der Waals surface area contributed by atoms with E-state index in [1.165, 1.54) is 31.7 Å². The van der Waals surface area contributed by atoms with E-state index in [2.05, 4.69) is 29.1 Å². The van der Waals surface area contributed by atoms with Crippen molar-refractivity contribution in [1.29, 1.82) is 0 Å². The van der Waals surface area contributed by atoms with Crippen LogP contribution in [0.1, 0.15) is 43.6 Å². The molecule has 18 heavy (non-hydrogen) atoms. The zero-order valence-electron chi connectivity index (χ0n) is 10.8. The number of hydrogen-bond acceptors (Lipinski definition) is 4. The molecule has 0 atom stereocenters. The quantitative estimate of drug-likeness (QED) is 0.838. The number of rotatable bonds is 5. The maximum absolute atomic E-state index is 10.6. The molecule has 0 unspecified atom stereocenters. The fourth-order valence-corrected chi connectivity index (χ4v) is 2.18. The highest BCUT2D eigenvalue weighted by Gasteiger charge is 2.33. The van der Waals surface area contributed by atoms with E-state index in [0.717, 1.165) is 12.5 Å². The summed E-state index contributed by atoms with van der Waals surface area (Å²) in [7, 11) is 0. The lowest BCUT2D eigenvalue weighted by atomic mass is 9.67. The number of anilines is 1. The molecule has 2 N–H and O–H groups in total. The second-order valence-electron chi connectivity index (χ2n) is 5.56. The molecule has 1 aromatic heterocycles. The molecule has 0 bridgehead atoms. The van der Waals surface area contributed by atoms with Crippen LogP contribution >= 0.6 is 0 Å². The molecule has 0 spiro atoms. The summed E-state index contributed by atoms with van der Waals surface area (Å²) in [6, 6.07) is 0. The van der Waals surface area contributed by atoms with Gasteiger partial charge in [-0.3, -0.25) is 0 Å². The maximum Gasteiger partial charge on any atom is 0.356 e. The summed E-state index contributed by atoms with van der Waals surface area (Å²) in [6.45, 7) is 5.34. The molecular formula is C13H19N3O2. The van der Waals surface area contributed by atoms with Crippen LogP contribution in [0.5, 0.6) is 0 Å². The van der Waals surface area contributed by atoms with Gasteiger partial charge in [-0.05, 0) is 24.2 Å². The minimum Gasteiger partial charge on any atom is -0.476 e. The molecule has 0 amide bonds. The number of carbonyl (C=O) groups is 1. The first-order chi connectivity index (χ1) is 8.49. The van der Waals surface area contributed by atoms with Crippen molar-refractivity contribution in [2.45, 2.75) is 33.1 Å². The Morgan fingerprint density at radius 2 is 2.17 bits per heavy atom. The van der Waals surface area contributed by atoms with Gasteiger partial charge < -0.3 is 10.4 Å². The molecule has 0 aromatic carbocycles. The Labute approximate surface area is 107 Å². The lowest BCUT2D eigenvalue weighted by Crippen LogP contribution is -2.35. The summed E-state index contributed by atoms with van der Waals surface area (Å²) >= 11 is 0. The monoisotopic (exact) mass is 249 g/mol. The fraction of sp³-hybridized carbons (Fsp3) is 0.615. The van der Waals surface area contributed by atoms with Crippen LogP contribution in [0.15, 0.2) is 12.4 Å². The van der Waals surface area contributed by atoms with Gasteiger partial charge in [0.05, 0.1) is 12.4 Å². The van der Waals surface area contributed by atoms with Gasteiger partial charge in [0, 0.05) is 6.54 Å². The van der Waals surface area contributed by atoms with Crippen LogP contribution in [0.25, 0.3) is 0 Å². The number of hydrogen-bond donors (Lipinski definition) is 2. The number of aromatic nitrogens is 2. The van der Waals surface area contributed by atoms with Crippen LogP contribution in [-0.4, -0.2) is 27.6 Å². The standard InChI is InChI=1S/C13H19N3O2/c1-13(2,9-4-3-5-9)8-16-11-7-14-10(6-15-11)12(17)18/h6-7,9H,3-5,8H2,1-2H3,(H,15,16)(H,17,18). The van der Waals surface area contributed by atoms with E-state index in [1.54, 1.807) is 0 Å². The molecule has 5 heteroatoms. The van der Waals surface area contributed by atoms with Gasteiger partial charge in [-0.15, -0.1) is 0 Å². The number of carboxylic acid groups (broad SMARTS) is 1. The fourth-order valence-electron chi connectivity index (χ4n) is 2.18. The van der Waals surface area contributed by atoms with Crippen molar-refractivity contribution in [3.8, 4) is 0 Å². The predicted molar refractivity (Wildman–Crippen MR) is 68.6 cm³/mol. The first-order valence-electron chi connectivity index (χ1n) is 6.28. The van der Waals surface area contributed by atoms with Crippen molar-refractivity contribution in [3.63, 3.8) is 0 Å². The van der Waals surface area contributed by atoms with Crippen molar-refractivity contribution in [2.24, 2.45) is 11.3 Å². The Morgan fingerprint density at radius 3 is 2.61 bits per heavy atom. The molecule has 5 nitrogen and oxygen atoms in total. The lowest BCUT2D eigenvalue weighted by molar-refractivity contribution is 0.0690. The number of nitrogens with zero attached hydrogens (tertiary/aromatic N) is 2. The zero-order chi connectivity index (χ0) is 13.2. The summed E-state index contributed by atoms with van der Waals surface area (Å²) in [6.07, 6.45) is 6.69. The molecular weight excluding hydrogens is 230 g/mol. The minimum atomic E-state index is -1.05. The molecule has 2 rings (SSSR count). The Balaban J connectivity index is 1.91.